The van der Waals surface area contributed by atoms with Crippen LogP contribution in [0.3, 0.4) is 0 Å². The predicted octanol–water partition coefficient (Wildman–Crippen LogP) is -1.07. The number of fused-ring (bicyclic) bond motifs is 1. The first-order valence-corrected chi connectivity index (χ1v) is 8.91. The molecule has 3 rings (SSSR count). The van der Waals surface area contributed by atoms with Crippen molar-refractivity contribution in [2.24, 2.45) is 0 Å². The van der Waals surface area contributed by atoms with Gasteiger partial charge in [-0.1, -0.05) is 6.07 Å². The molecule has 0 radical (unpaired) electrons. The van der Waals surface area contributed by atoms with E-state index in [9.17, 15) is 13.0 Å². The van der Waals surface area contributed by atoms with Gasteiger partial charge < -0.3 is 18.9 Å². The molecule has 1 aromatic heterocycles. The van der Waals surface area contributed by atoms with E-state index < -0.39 is 10.1 Å². The third-order valence-corrected chi connectivity index (χ3v) is 4.87. The van der Waals surface area contributed by atoms with Crippen molar-refractivity contribution in [3.63, 3.8) is 0 Å². The molecule has 1 unspecified atom stereocenters. The van der Waals surface area contributed by atoms with Crippen LogP contribution in [0.2, 0.25) is 0 Å². The molecule has 0 fully saturated rings. The van der Waals surface area contributed by atoms with Crippen molar-refractivity contribution >= 4 is 27.1 Å². The summed E-state index contributed by atoms with van der Waals surface area (Å²) in [6, 6.07) is 5.94. The summed E-state index contributed by atoms with van der Waals surface area (Å²) in [5.41, 5.74) is 0.636. The summed E-state index contributed by atoms with van der Waals surface area (Å²) >= 11 is 1.51. The van der Waals surface area contributed by atoms with Gasteiger partial charge in [-0.15, -0.1) is 11.3 Å². The SMILES string of the molecule is CN(CC1COc2cscc2O1)c1cccc(S(=O)(=O)[O-])c1.[Li+]. The molecule has 2 heterocycles. The van der Waals surface area contributed by atoms with Crippen molar-refractivity contribution < 1.29 is 41.3 Å². The summed E-state index contributed by atoms with van der Waals surface area (Å²) in [7, 11) is -2.65. The van der Waals surface area contributed by atoms with Gasteiger partial charge in [0.15, 0.2) is 17.6 Å². The molecule has 1 aromatic carbocycles. The summed E-state index contributed by atoms with van der Waals surface area (Å²) in [5.74, 6) is 1.48. The molecule has 0 bridgehead atoms. The zero-order valence-corrected chi connectivity index (χ0v) is 14.4. The van der Waals surface area contributed by atoms with E-state index in [-0.39, 0.29) is 29.9 Å². The molecular weight excluding hydrogens is 333 g/mol. The van der Waals surface area contributed by atoms with Crippen LogP contribution in [0.5, 0.6) is 11.5 Å². The maximum absolute atomic E-state index is 11.1. The quantitative estimate of drug-likeness (QED) is 0.518. The second-order valence-corrected chi connectivity index (χ2v) is 7.11. The molecule has 1 aliphatic rings. The minimum Gasteiger partial charge on any atom is -0.744 e. The molecule has 9 heteroatoms. The van der Waals surface area contributed by atoms with Gasteiger partial charge in [0.25, 0.3) is 0 Å². The second kappa shape index (κ2) is 7.16. The largest absolute Gasteiger partial charge is 1.00 e. The number of nitrogens with zero attached hydrogens (tertiary/aromatic N) is 1. The predicted molar refractivity (Wildman–Crippen MR) is 81.9 cm³/mol. The summed E-state index contributed by atoms with van der Waals surface area (Å²) in [5, 5.41) is 3.77. The van der Waals surface area contributed by atoms with Crippen molar-refractivity contribution in [1.82, 2.24) is 0 Å². The van der Waals surface area contributed by atoms with Crippen LogP contribution in [0.25, 0.3) is 0 Å². The normalized spacial score (nSPS) is 16.5. The monoisotopic (exact) mass is 347 g/mol. The van der Waals surface area contributed by atoms with E-state index in [1.807, 2.05) is 22.7 Å². The number of anilines is 1. The fourth-order valence-corrected chi connectivity index (χ4v) is 3.42. The number of rotatable bonds is 4. The van der Waals surface area contributed by atoms with Crippen LogP contribution in [-0.2, 0) is 10.1 Å². The maximum Gasteiger partial charge on any atom is 1.00 e. The first-order chi connectivity index (χ1) is 10.4. The molecule has 6 nitrogen and oxygen atoms in total. The zero-order chi connectivity index (χ0) is 15.7. The topological polar surface area (TPSA) is 78.9 Å². The Bertz CT molecular complexity index is 777. The molecule has 1 atom stereocenters. The van der Waals surface area contributed by atoms with Crippen LogP contribution in [0, 0.1) is 0 Å². The molecule has 23 heavy (non-hydrogen) atoms. The van der Waals surface area contributed by atoms with Gasteiger partial charge in [0.2, 0.25) is 0 Å². The minimum atomic E-state index is -4.46. The van der Waals surface area contributed by atoms with Gasteiger partial charge in [-0.05, 0) is 18.2 Å². The van der Waals surface area contributed by atoms with Crippen LogP contribution < -0.4 is 33.2 Å². The van der Waals surface area contributed by atoms with Crippen molar-refractivity contribution in [2.45, 2.75) is 11.0 Å². The van der Waals surface area contributed by atoms with Crippen LogP contribution in [0.4, 0.5) is 5.69 Å². The molecule has 0 saturated heterocycles. The smallest absolute Gasteiger partial charge is 0.744 e. The number of benzene rings is 1. The Morgan fingerprint density at radius 3 is 2.83 bits per heavy atom. The Labute approximate surface area is 150 Å². The van der Waals surface area contributed by atoms with Crippen molar-refractivity contribution in [3.05, 3.63) is 35.0 Å². The maximum atomic E-state index is 11.1. The van der Waals surface area contributed by atoms with E-state index >= 15 is 0 Å². The van der Waals surface area contributed by atoms with Gasteiger partial charge in [0.1, 0.15) is 16.7 Å². The first kappa shape index (κ1) is 18.2. The van der Waals surface area contributed by atoms with Crippen LogP contribution >= 0.6 is 11.3 Å². The van der Waals surface area contributed by atoms with Crippen LogP contribution in [0.15, 0.2) is 39.9 Å². The second-order valence-electron chi connectivity index (χ2n) is 4.98. The molecule has 118 valence electrons. The van der Waals surface area contributed by atoms with Gasteiger partial charge in [0.05, 0.1) is 11.4 Å². The van der Waals surface area contributed by atoms with E-state index in [0.717, 1.165) is 11.5 Å². The van der Waals surface area contributed by atoms with E-state index in [0.29, 0.717) is 18.8 Å². The van der Waals surface area contributed by atoms with Gasteiger partial charge in [0, 0.05) is 23.5 Å². The number of likely N-dealkylation sites (N-methyl/N-ethyl adjacent to an activating group) is 1. The van der Waals surface area contributed by atoms with Gasteiger partial charge in [-0.25, -0.2) is 8.42 Å². The van der Waals surface area contributed by atoms with Crippen LogP contribution in [0.1, 0.15) is 0 Å². The summed E-state index contributed by atoms with van der Waals surface area (Å²) in [4.78, 5) is 1.60. The average Bonchev–Trinajstić information content (AvgIpc) is 2.94. The summed E-state index contributed by atoms with van der Waals surface area (Å²) in [6.45, 7) is 0.936. The standard InChI is InChI=1S/C14H15NO5S2.Li/c1-15(10-3-2-4-12(5-10)22(16,17)18)6-11-7-19-13-8-21-9-14(13)20-11;/h2-5,8-9,11H,6-7H2,1H3,(H,16,17,18);/q;+1/p-1. The van der Waals surface area contributed by atoms with Gasteiger partial charge in [-0.2, -0.15) is 0 Å². The van der Waals surface area contributed by atoms with E-state index in [4.69, 9.17) is 9.47 Å². The van der Waals surface area contributed by atoms with Crippen LogP contribution in [-0.4, -0.2) is 39.3 Å². The number of hydrogen-bond donors (Lipinski definition) is 0. The van der Waals surface area contributed by atoms with E-state index in [1.54, 1.807) is 12.1 Å². The number of thiophene rings is 1. The third-order valence-electron chi connectivity index (χ3n) is 3.34. The molecule has 0 spiro atoms. The molecule has 0 N–H and O–H groups in total. The Morgan fingerprint density at radius 1 is 1.35 bits per heavy atom. The fourth-order valence-electron chi connectivity index (χ4n) is 2.24. The number of hydrogen-bond acceptors (Lipinski definition) is 7. The minimum absolute atomic E-state index is 0. The number of ether oxygens (including phenoxy) is 2. The molecule has 0 saturated carbocycles. The Kier molecular flexibility index (Phi) is 5.65. The fraction of sp³-hybridized carbons (Fsp3) is 0.286. The molecular formula is C14H14LiNO5S2. The zero-order valence-electron chi connectivity index (χ0n) is 12.8. The molecule has 0 aliphatic carbocycles. The molecule has 2 aromatic rings. The summed E-state index contributed by atoms with van der Waals surface area (Å²) < 4.78 is 44.7. The first-order valence-electron chi connectivity index (χ1n) is 6.56. The molecule has 0 amide bonds. The van der Waals surface area contributed by atoms with Crippen molar-refractivity contribution in [3.8, 4) is 11.5 Å². The van der Waals surface area contributed by atoms with Gasteiger partial charge >= 0.3 is 18.9 Å². The van der Waals surface area contributed by atoms with Gasteiger partial charge in [-0.3, -0.25) is 0 Å². The Hall–Kier alpha value is -1.17. The van der Waals surface area contributed by atoms with Crippen molar-refractivity contribution in [2.75, 3.05) is 25.1 Å². The summed E-state index contributed by atoms with van der Waals surface area (Å²) in [6.07, 6.45) is -0.167. The molecule has 1 aliphatic heterocycles. The van der Waals surface area contributed by atoms with Crippen molar-refractivity contribution in [1.29, 1.82) is 0 Å². The van der Waals surface area contributed by atoms with E-state index in [1.165, 1.54) is 23.5 Å². The Morgan fingerprint density at radius 2 is 2.09 bits per heavy atom. The average molecular weight is 347 g/mol. The Balaban J connectivity index is 0.00000192. The third kappa shape index (κ3) is 4.22. The van der Waals surface area contributed by atoms with E-state index in [2.05, 4.69) is 0 Å².